The Labute approximate surface area is 93.1 Å². The molecule has 12 heavy (non-hydrogen) atoms. The van der Waals surface area contributed by atoms with E-state index in [-0.39, 0.29) is 24.0 Å². The van der Waals surface area contributed by atoms with Gasteiger partial charge in [-0.15, -0.1) is 37.1 Å². The van der Waals surface area contributed by atoms with Gasteiger partial charge in [-0.3, -0.25) is 0 Å². The molecule has 0 saturated heterocycles. The van der Waals surface area contributed by atoms with Crippen molar-refractivity contribution in [2.24, 2.45) is 11.7 Å². The maximum absolute atomic E-state index is 5.89. The molecule has 0 saturated carbocycles. The van der Waals surface area contributed by atoms with E-state index in [9.17, 15) is 0 Å². The van der Waals surface area contributed by atoms with Gasteiger partial charge >= 0.3 is 0 Å². The predicted molar refractivity (Wildman–Crippen MR) is 66.8 cm³/mol. The third kappa shape index (κ3) is 5.77. The van der Waals surface area contributed by atoms with Crippen LogP contribution in [0.1, 0.15) is 26.2 Å². The highest BCUT2D eigenvalue weighted by Gasteiger charge is 2.12. The first-order chi connectivity index (χ1) is 5.26. The standard InChI is InChI=1S/C10H19N.HI/c1-4-7-9(8-5-2)10(11)6-3;/h4-5,9-10H,1-2,6-8,11H2,3H3;1H. The summed E-state index contributed by atoms with van der Waals surface area (Å²) in [5.41, 5.74) is 5.89. The smallest absolute Gasteiger partial charge is 0.00704 e. The Balaban J connectivity index is 0. The first-order valence-corrected chi connectivity index (χ1v) is 4.23. The van der Waals surface area contributed by atoms with E-state index in [1.165, 1.54) is 0 Å². The molecule has 72 valence electrons. The average molecular weight is 281 g/mol. The van der Waals surface area contributed by atoms with Crippen molar-refractivity contribution in [2.75, 3.05) is 0 Å². The highest BCUT2D eigenvalue weighted by molar-refractivity contribution is 14.0. The van der Waals surface area contributed by atoms with Gasteiger partial charge in [0, 0.05) is 6.04 Å². The summed E-state index contributed by atoms with van der Waals surface area (Å²) >= 11 is 0. The van der Waals surface area contributed by atoms with Crippen LogP contribution in [0.2, 0.25) is 0 Å². The topological polar surface area (TPSA) is 26.0 Å². The fraction of sp³-hybridized carbons (Fsp3) is 0.600. The summed E-state index contributed by atoms with van der Waals surface area (Å²) in [5.74, 6) is 0.537. The molecule has 0 aromatic carbocycles. The van der Waals surface area contributed by atoms with E-state index in [2.05, 4.69) is 20.1 Å². The van der Waals surface area contributed by atoms with Crippen LogP contribution < -0.4 is 5.73 Å². The Kier molecular flexibility index (Phi) is 11.3. The Bertz CT molecular complexity index is 113. The fourth-order valence-corrected chi connectivity index (χ4v) is 1.21. The van der Waals surface area contributed by atoms with E-state index in [4.69, 9.17) is 5.73 Å². The summed E-state index contributed by atoms with van der Waals surface area (Å²) < 4.78 is 0. The van der Waals surface area contributed by atoms with Crippen LogP contribution in [0.4, 0.5) is 0 Å². The molecule has 2 N–H and O–H groups in total. The van der Waals surface area contributed by atoms with Crippen molar-refractivity contribution in [1.82, 2.24) is 0 Å². The summed E-state index contributed by atoms with van der Waals surface area (Å²) in [6, 6.07) is 0.297. The average Bonchev–Trinajstić information content (AvgIpc) is 2.03. The van der Waals surface area contributed by atoms with Gasteiger partial charge in [0.2, 0.25) is 0 Å². The molecule has 0 spiro atoms. The molecule has 0 radical (unpaired) electrons. The minimum atomic E-state index is 0. The van der Waals surface area contributed by atoms with Gasteiger partial charge in [-0.2, -0.15) is 0 Å². The van der Waals surface area contributed by atoms with Gasteiger partial charge in [0.1, 0.15) is 0 Å². The van der Waals surface area contributed by atoms with E-state index in [0.29, 0.717) is 12.0 Å². The van der Waals surface area contributed by atoms with Gasteiger partial charge in [0.25, 0.3) is 0 Å². The zero-order valence-electron chi connectivity index (χ0n) is 7.83. The molecule has 0 heterocycles. The van der Waals surface area contributed by atoms with Crippen LogP contribution in [0.15, 0.2) is 25.3 Å². The second-order valence-electron chi connectivity index (χ2n) is 2.88. The molecule has 0 aromatic rings. The molecule has 0 aliphatic carbocycles. The van der Waals surface area contributed by atoms with Crippen molar-refractivity contribution in [3.05, 3.63) is 25.3 Å². The lowest BCUT2D eigenvalue weighted by molar-refractivity contribution is 0.418. The largest absolute Gasteiger partial charge is 0.327 e. The minimum Gasteiger partial charge on any atom is -0.327 e. The lowest BCUT2D eigenvalue weighted by Crippen LogP contribution is -2.28. The zero-order valence-corrected chi connectivity index (χ0v) is 10.2. The second kappa shape index (κ2) is 9.26. The molecule has 1 atom stereocenters. The summed E-state index contributed by atoms with van der Waals surface area (Å²) in [6.45, 7) is 9.53. The van der Waals surface area contributed by atoms with Crippen molar-refractivity contribution in [1.29, 1.82) is 0 Å². The van der Waals surface area contributed by atoms with Crippen LogP contribution in [-0.2, 0) is 0 Å². The molecule has 2 heteroatoms. The summed E-state index contributed by atoms with van der Waals surface area (Å²) in [5, 5.41) is 0. The summed E-state index contributed by atoms with van der Waals surface area (Å²) in [6.07, 6.45) is 6.90. The number of nitrogens with two attached hydrogens (primary N) is 1. The van der Waals surface area contributed by atoms with Crippen LogP contribution in [0.5, 0.6) is 0 Å². The lowest BCUT2D eigenvalue weighted by atomic mass is 9.92. The van der Waals surface area contributed by atoms with Gasteiger partial charge < -0.3 is 5.73 Å². The van der Waals surface area contributed by atoms with Gasteiger partial charge in [0.05, 0.1) is 0 Å². The van der Waals surface area contributed by atoms with Gasteiger partial charge in [-0.25, -0.2) is 0 Å². The van der Waals surface area contributed by atoms with Crippen molar-refractivity contribution in [3.63, 3.8) is 0 Å². The van der Waals surface area contributed by atoms with E-state index < -0.39 is 0 Å². The van der Waals surface area contributed by atoms with Crippen LogP contribution in [0.3, 0.4) is 0 Å². The van der Waals surface area contributed by atoms with Crippen molar-refractivity contribution in [3.8, 4) is 0 Å². The molecule has 0 amide bonds. The third-order valence-corrected chi connectivity index (χ3v) is 2.02. The van der Waals surface area contributed by atoms with Crippen LogP contribution >= 0.6 is 24.0 Å². The van der Waals surface area contributed by atoms with Crippen LogP contribution in [0.25, 0.3) is 0 Å². The number of allylic oxidation sites excluding steroid dienone is 2. The molecular formula is C10H20IN. The van der Waals surface area contributed by atoms with Crippen molar-refractivity contribution < 1.29 is 0 Å². The molecule has 1 nitrogen and oxygen atoms in total. The monoisotopic (exact) mass is 281 g/mol. The maximum atomic E-state index is 5.89. The number of hydrogen-bond donors (Lipinski definition) is 1. The Morgan fingerprint density at radius 2 is 1.67 bits per heavy atom. The predicted octanol–water partition coefficient (Wildman–Crippen LogP) is 3.11. The van der Waals surface area contributed by atoms with Crippen molar-refractivity contribution >= 4 is 24.0 Å². The minimum absolute atomic E-state index is 0. The number of halogens is 1. The quantitative estimate of drug-likeness (QED) is 0.587. The molecule has 0 aliphatic heterocycles. The van der Waals surface area contributed by atoms with E-state index in [1.54, 1.807) is 0 Å². The SMILES string of the molecule is C=CCC(CC=C)C(N)CC.I. The van der Waals surface area contributed by atoms with Crippen LogP contribution in [-0.4, -0.2) is 6.04 Å². The molecule has 0 bridgehead atoms. The molecule has 0 aromatic heterocycles. The van der Waals surface area contributed by atoms with E-state index in [0.717, 1.165) is 19.3 Å². The lowest BCUT2D eigenvalue weighted by Gasteiger charge is -2.19. The van der Waals surface area contributed by atoms with Gasteiger partial charge in [-0.05, 0) is 25.2 Å². The van der Waals surface area contributed by atoms with Crippen molar-refractivity contribution in [2.45, 2.75) is 32.2 Å². The molecule has 0 rings (SSSR count). The molecule has 1 unspecified atom stereocenters. The molecular weight excluding hydrogens is 261 g/mol. The molecule has 0 fully saturated rings. The number of hydrogen-bond acceptors (Lipinski definition) is 1. The highest BCUT2D eigenvalue weighted by Crippen LogP contribution is 2.15. The van der Waals surface area contributed by atoms with Crippen LogP contribution in [0, 0.1) is 5.92 Å². The normalized spacial score (nSPS) is 11.9. The number of rotatable bonds is 6. The van der Waals surface area contributed by atoms with Gasteiger partial charge in [-0.1, -0.05) is 19.1 Å². The Morgan fingerprint density at radius 3 is 1.92 bits per heavy atom. The zero-order chi connectivity index (χ0) is 8.69. The highest BCUT2D eigenvalue weighted by atomic mass is 127. The molecule has 0 aliphatic rings. The fourth-order valence-electron chi connectivity index (χ4n) is 1.21. The summed E-state index contributed by atoms with van der Waals surface area (Å²) in [7, 11) is 0. The maximum Gasteiger partial charge on any atom is 0.00704 e. The first-order valence-electron chi connectivity index (χ1n) is 4.23. The second-order valence-corrected chi connectivity index (χ2v) is 2.88. The van der Waals surface area contributed by atoms with Gasteiger partial charge in [0.15, 0.2) is 0 Å². The summed E-state index contributed by atoms with van der Waals surface area (Å²) in [4.78, 5) is 0. The third-order valence-electron chi connectivity index (χ3n) is 2.02. The first kappa shape index (κ1) is 14.7. The van der Waals surface area contributed by atoms with E-state index >= 15 is 0 Å². The Morgan fingerprint density at radius 1 is 1.25 bits per heavy atom. The van der Waals surface area contributed by atoms with E-state index in [1.807, 2.05) is 12.2 Å². The Hall–Kier alpha value is 0.170.